The molecular formula is C21H20O5. The van der Waals surface area contributed by atoms with Crippen LogP contribution in [-0.4, -0.2) is 11.2 Å². The molecule has 5 nitrogen and oxygen atoms in total. The fourth-order valence-corrected chi connectivity index (χ4v) is 1.99. The summed E-state index contributed by atoms with van der Waals surface area (Å²) in [4.78, 5) is 24.3. The molecule has 0 spiro atoms. The number of carbonyl (C=O) groups is 1. The molecule has 0 saturated heterocycles. The summed E-state index contributed by atoms with van der Waals surface area (Å²) in [6, 6.07) is 28.2. The van der Waals surface area contributed by atoms with Crippen molar-refractivity contribution < 1.29 is 24.7 Å². The summed E-state index contributed by atoms with van der Waals surface area (Å²) in [6.07, 6.45) is 0. The number of rotatable bonds is 6. The normalized spacial score (nSPS) is 9.73. The third-order valence-corrected chi connectivity index (χ3v) is 3.31. The predicted octanol–water partition coefficient (Wildman–Crippen LogP) is 4.65. The molecule has 0 radical (unpaired) electrons. The first-order valence-electron chi connectivity index (χ1n) is 8.02. The molecule has 0 bridgehead atoms. The van der Waals surface area contributed by atoms with Crippen LogP contribution in [0.3, 0.4) is 0 Å². The summed E-state index contributed by atoms with van der Waals surface area (Å²) in [5.41, 5.74) is 2.55. The Morgan fingerprint density at radius 2 is 1.04 bits per heavy atom. The van der Waals surface area contributed by atoms with Crippen molar-refractivity contribution in [1.29, 1.82) is 0 Å². The van der Waals surface area contributed by atoms with E-state index in [-0.39, 0.29) is 0 Å². The van der Waals surface area contributed by atoms with E-state index in [0.717, 1.165) is 11.1 Å². The molecule has 0 heterocycles. The fourth-order valence-electron chi connectivity index (χ4n) is 1.99. The van der Waals surface area contributed by atoms with Crippen molar-refractivity contribution in [2.24, 2.45) is 0 Å². The second-order valence-corrected chi connectivity index (χ2v) is 5.24. The Kier molecular flexibility index (Phi) is 8.59. The van der Waals surface area contributed by atoms with Crippen LogP contribution in [-0.2, 0) is 27.9 Å². The molecule has 3 aromatic rings. The number of carbonyl (C=O) groups excluding carboxylic acids is 1. The summed E-state index contributed by atoms with van der Waals surface area (Å²) in [5.74, 6) is -0.736. The fraction of sp³-hybridized carbons (Fsp3) is 0.0952. The van der Waals surface area contributed by atoms with Crippen LogP contribution in [0.15, 0.2) is 91.0 Å². The molecule has 3 aromatic carbocycles. The summed E-state index contributed by atoms with van der Waals surface area (Å²) in [5, 5.41) is 7.94. The molecule has 0 aliphatic rings. The van der Waals surface area contributed by atoms with E-state index in [9.17, 15) is 4.79 Å². The van der Waals surface area contributed by atoms with Crippen molar-refractivity contribution in [3.05, 3.63) is 108 Å². The van der Waals surface area contributed by atoms with Crippen LogP contribution in [0, 0.1) is 0 Å². The lowest BCUT2D eigenvalue weighted by Gasteiger charge is -2.04. The maximum atomic E-state index is 10.5. The first kappa shape index (κ1) is 19.3. The quantitative estimate of drug-likeness (QED) is 0.397. The predicted molar refractivity (Wildman–Crippen MR) is 96.9 cm³/mol. The zero-order valence-corrected chi connectivity index (χ0v) is 14.2. The summed E-state index contributed by atoms with van der Waals surface area (Å²) >= 11 is 0. The maximum absolute atomic E-state index is 10.5. The average molecular weight is 352 g/mol. The van der Waals surface area contributed by atoms with Gasteiger partial charge in [-0.25, -0.2) is 14.6 Å². The molecule has 0 aliphatic heterocycles. The van der Waals surface area contributed by atoms with Crippen LogP contribution in [0.25, 0.3) is 0 Å². The largest absolute Gasteiger partial charge is 0.372 e. The molecule has 0 fully saturated rings. The Hall–Kier alpha value is -2.99. The van der Waals surface area contributed by atoms with Crippen molar-refractivity contribution in [2.75, 3.05) is 0 Å². The highest BCUT2D eigenvalue weighted by Crippen LogP contribution is 2.04. The second-order valence-electron chi connectivity index (χ2n) is 5.24. The topological polar surface area (TPSA) is 65.0 Å². The second kappa shape index (κ2) is 11.5. The van der Waals surface area contributed by atoms with Gasteiger partial charge in [-0.1, -0.05) is 78.9 Å². The third-order valence-electron chi connectivity index (χ3n) is 3.31. The monoisotopic (exact) mass is 352 g/mol. The summed E-state index contributed by atoms with van der Waals surface area (Å²) in [7, 11) is 0. The van der Waals surface area contributed by atoms with E-state index >= 15 is 0 Å². The van der Waals surface area contributed by atoms with Crippen molar-refractivity contribution in [3.63, 3.8) is 0 Å². The van der Waals surface area contributed by atoms with Crippen molar-refractivity contribution in [3.8, 4) is 0 Å². The van der Waals surface area contributed by atoms with Gasteiger partial charge in [0.05, 0.1) is 5.56 Å². The third kappa shape index (κ3) is 7.27. The van der Waals surface area contributed by atoms with E-state index in [2.05, 4.69) is 4.89 Å². The molecule has 134 valence electrons. The maximum Gasteiger partial charge on any atom is 0.372 e. The molecule has 0 saturated carbocycles. The number of hydrogen-bond donors (Lipinski definition) is 1. The molecule has 0 amide bonds. The molecular weight excluding hydrogens is 332 g/mol. The average Bonchev–Trinajstić information content (AvgIpc) is 2.73. The van der Waals surface area contributed by atoms with Gasteiger partial charge in [0, 0.05) is 0 Å². The van der Waals surface area contributed by atoms with Gasteiger partial charge >= 0.3 is 5.97 Å². The van der Waals surface area contributed by atoms with Crippen LogP contribution in [0.2, 0.25) is 0 Å². The standard InChI is InChI=1S/C14H14O2.C7H6O3/c1-3-7-13(8-4-1)11-15-16-12-14-9-5-2-6-10-14;8-7(10-9)6-4-2-1-3-5-6/h1-10H,11-12H2;1-5,9H. The Bertz CT molecular complexity index is 704. The summed E-state index contributed by atoms with van der Waals surface area (Å²) < 4.78 is 0. The lowest BCUT2D eigenvalue weighted by molar-refractivity contribution is -0.313. The van der Waals surface area contributed by atoms with Gasteiger partial charge in [-0.3, -0.25) is 4.89 Å². The van der Waals surface area contributed by atoms with Crippen LogP contribution >= 0.6 is 0 Å². The van der Waals surface area contributed by atoms with Crippen LogP contribution < -0.4 is 0 Å². The highest BCUT2D eigenvalue weighted by Gasteiger charge is 2.02. The minimum absolute atomic E-state index is 0.338. The molecule has 1 N–H and O–H groups in total. The number of hydrogen-bond acceptors (Lipinski definition) is 5. The molecule has 3 rings (SSSR count). The minimum Gasteiger partial charge on any atom is -0.296 e. The highest BCUT2D eigenvalue weighted by atomic mass is 17.2. The van der Waals surface area contributed by atoms with Crippen LogP contribution in [0.1, 0.15) is 21.5 Å². The Morgan fingerprint density at radius 1 is 0.654 bits per heavy atom. The Labute approximate surface area is 152 Å². The zero-order chi connectivity index (χ0) is 18.5. The summed E-state index contributed by atoms with van der Waals surface area (Å²) in [6.45, 7) is 0.960. The first-order valence-corrected chi connectivity index (χ1v) is 8.02. The molecule has 26 heavy (non-hydrogen) atoms. The van der Waals surface area contributed by atoms with Crippen LogP contribution in [0.4, 0.5) is 0 Å². The van der Waals surface area contributed by atoms with Gasteiger partial charge < -0.3 is 0 Å². The highest BCUT2D eigenvalue weighted by molar-refractivity contribution is 5.88. The van der Waals surface area contributed by atoms with E-state index in [0.29, 0.717) is 18.8 Å². The minimum atomic E-state index is -0.736. The van der Waals surface area contributed by atoms with E-state index < -0.39 is 5.97 Å². The molecule has 0 aromatic heterocycles. The first-order chi connectivity index (χ1) is 12.8. The Balaban J connectivity index is 0.000000209. The zero-order valence-electron chi connectivity index (χ0n) is 14.2. The molecule has 0 unspecified atom stereocenters. The van der Waals surface area contributed by atoms with Crippen LogP contribution in [0.5, 0.6) is 0 Å². The molecule has 5 heteroatoms. The van der Waals surface area contributed by atoms with Gasteiger partial charge in [0.1, 0.15) is 13.2 Å². The lowest BCUT2D eigenvalue weighted by Crippen LogP contribution is -2.00. The smallest absolute Gasteiger partial charge is 0.296 e. The van der Waals surface area contributed by atoms with Gasteiger partial charge in [0.25, 0.3) is 0 Å². The van der Waals surface area contributed by atoms with Gasteiger partial charge in [-0.2, -0.15) is 5.26 Å². The van der Waals surface area contributed by atoms with Crippen molar-refractivity contribution >= 4 is 5.97 Å². The molecule has 0 atom stereocenters. The van der Waals surface area contributed by atoms with Crippen molar-refractivity contribution in [2.45, 2.75) is 13.2 Å². The number of benzene rings is 3. The van der Waals surface area contributed by atoms with Gasteiger partial charge in [0.2, 0.25) is 0 Å². The van der Waals surface area contributed by atoms with E-state index in [1.165, 1.54) is 0 Å². The SMILES string of the molecule is O=C(OO)c1ccccc1.c1ccc(COOCc2ccccc2)cc1. The van der Waals surface area contributed by atoms with E-state index in [4.69, 9.17) is 15.0 Å². The Morgan fingerprint density at radius 3 is 1.42 bits per heavy atom. The van der Waals surface area contributed by atoms with Gasteiger partial charge in [0.15, 0.2) is 0 Å². The van der Waals surface area contributed by atoms with Gasteiger partial charge in [-0.05, 0) is 23.3 Å². The lowest BCUT2D eigenvalue weighted by atomic mass is 10.2. The molecule has 0 aliphatic carbocycles. The van der Waals surface area contributed by atoms with E-state index in [1.54, 1.807) is 30.3 Å². The van der Waals surface area contributed by atoms with Crippen molar-refractivity contribution in [1.82, 2.24) is 0 Å². The van der Waals surface area contributed by atoms with Gasteiger partial charge in [-0.15, -0.1) is 0 Å². The van der Waals surface area contributed by atoms with E-state index in [1.807, 2.05) is 60.7 Å².